The van der Waals surface area contributed by atoms with E-state index in [0.29, 0.717) is 0 Å². The van der Waals surface area contributed by atoms with E-state index in [4.69, 9.17) is 0 Å². The smallest absolute Gasteiger partial charge is 0.0902 e. The van der Waals surface area contributed by atoms with Crippen LogP contribution >= 0.6 is 21.2 Å². The lowest BCUT2D eigenvalue weighted by Gasteiger charge is -1.88. The molecule has 1 unspecified atom stereocenters. The number of hydrogen-bond acceptors (Lipinski definition) is 2. The molecule has 1 atom stereocenters. The molecule has 0 radical (unpaired) electrons. The summed E-state index contributed by atoms with van der Waals surface area (Å²) < 4.78 is 7.34. The first-order chi connectivity index (χ1) is 8.95. The molecule has 0 N–H and O–H groups in total. The van der Waals surface area contributed by atoms with Gasteiger partial charge in [0.2, 0.25) is 0 Å². The molecule has 2 aromatic heterocycles. The summed E-state index contributed by atoms with van der Waals surface area (Å²) in [6.07, 6.45) is 3.25. The van der Waals surface area contributed by atoms with E-state index in [1.165, 1.54) is 20.2 Å². The van der Waals surface area contributed by atoms with Gasteiger partial charge in [0, 0.05) is 20.2 Å². The van der Waals surface area contributed by atoms with Gasteiger partial charge in [0.15, 0.2) is 0 Å². The Labute approximate surface area is 119 Å². The lowest BCUT2D eigenvalue weighted by molar-refractivity contribution is 0.567. The Bertz CT molecular complexity index is 676. The number of hydrogen-bond donors (Lipinski definition) is 0. The molecule has 1 nitrogen and oxygen atoms in total. The Kier molecular flexibility index (Phi) is 4.73. The molecule has 0 fully saturated rings. The van der Waals surface area contributed by atoms with E-state index in [1.54, 1.807) is 12.5 Å². The van der Waals surface area contributed by atoms with Gasteiger partial charge in [-0.05, 0) is 24.3 Å². The molecule has 4 rings (SSSR count). The Morgan fingerprint density at radius 1 is 0.632 bits per heavy atom. The maximum atomic E-state index is 4.58. The highest BCUT2D eigenvalue weighted by molar-refractivity contribution is 7.25. The number of thiophene rings is 1. The second-order valence-corrected chi connectivity index (χ2v) is 4.97. The van der Waals surface area contributed by atoms with Crippen molar-refractivity contribution >= 4 is 41.4 Å². The molecule has 0 aliphatic heterocycles. The molecule has 4 aromatic rings. The van der Waals surface area contributed by atoms with Crippen molar-refractivity contribution in [2.45, 2.75) is 0 Å². The highest BCUT2D eigenvalue weighted by atomic mass is 32.1. The monoisotopic (exact) mass is 286 g/mol. The summed E-state index contributed by atoms with van der Waals surface area (Å²) in [5.74, 6) is 0. The second kappa shape index (κ2) is 6.51. The van der Waals surface area contributed by atoms with Gasteiger partial charge in [-0.15, -0.1) is 11.3 Å². The van der Waals surface area contributed by atoms with Gasteiger partial charge in [-0.25, -0.2) is 0 Å². The fourth-order valence-electron chi connectivity index (χ4n) is 1.90. The Balaban J connectivity index is 0.000000190. The van der Waals surface area contributed by atoms with Crippen molar-refractivity contribution < 1.29 is 4.42 Å². The largest absolute Gasteiger partial charge is 0.473 e. The average molecular weight is 286 g/mol. The van der Waals surface area contributed by atoms with Crippen molar-refractivity contribution in [1.82, 2.24) is 0 Å². The minimum atomic E-state index is 0. The maximum Gasteiger partial charge on any atom is 0.0902 e. The molecule has 3 heteroatoms. The fraction of sp³-hybridized carbons (Fsp3) is 0. The van der Waals surface area contributed by atoms with Crippen LogP contribution in [-0.2, 0) is 0 Å². The van der Waals surface area contributed by atoms with Gasteiger partial charge in [0.05, 0.1) is 12.5 Å². The van der Waals surface area contributed by atoms with Crippen LogP contribution in [0, 0.1) is 0 Å². The number of furan rings is 1. The Hall–Kier alpha value is -1.63. The van der Waals surface area contributed by atoms with Crippen LogP contribution in [0.5, 0.6) is 0 Å². The summed E-state index contributed by atoms with van der Waals surface area (Å²) >= 11 is 1.86. The number of rotatable bonds is 0. The van der Waals surface area contributed by atoms with Crippen LogP contribution in [0.2, 0.25) is 0 Å². The first-order valence-electron chi connectivity index (χ1n) is 5.78. The molecular weight excluding hydrogens is 271 g/mol. The molecule has 96 valence electrons. The van der Waals surface area contributed by atoms with Gasteiger partial charge in [0.1, 0.15) is 0 Å². The third kappa shape index (κ3) is 3.04. The second-order valence-electron chi connectivity index (χ2n) is 3.89. The predicted molar refractivity (Wildman–Crippen MR) is 89.1 cm³/mol. The minimum absolute atomic E-state index is 0. The van der Waals surface area contributed by atoms with Crippen LogP contribution in [0.4, 0.5) is 0 Å². The topological polar surface area (TPSA) is 13.1 Å². The number of benzene rings is 2. The SMILES string of the molecule is P.c1ccc2c(c1)sc1ccccc12.c1ccoc1. The summed E-state index contributed by atoms with van der Waals surface area (Å²) in [5.41, 5.74) is 0. The van der Waals surface area contributed by atoms with Crippen molar-refractivity contribution in [2.24, 2.45) is 0 Å². The van der Waals surface area contributed by atoms with Crippen molar-refractivity contribution in [3.63, 3.8) is 0 Å². The molecule has 0 aliphatic carbocycles. The zero-order valence-electron chi connectivity index (χ0n) is 10.5. The first kappa shape index (κ1) is 13.8. The quantitative estimate of drug-likeness (QED) is 0.395. The Morgan fingerprint density at radius 2 is 1.11 bits per heavy atom. The third-order valence-corrected chi connectivity index (χ3v) is 3.86. The normalized spacial score (nSPS) is 9.68. The Morgan fingerprint density at radius 3 is 1.53 bits per heavy atom. The molecule has 0 aliphatic rings. The van der Waals surface area contributed by atoms with Gasteiger partial charge in [-0.2, -0.15) is 9.90 Å². The maximum absolute atomic E-state index is 4.58. The predicted octanol–water partition coefficient (Wildman–Crippen LogP) is 5.39. The van der Waals surface area contributed by atoms with Crippen LogP contribution in [-0.4, -0.2) is 0 Å². The first-order valence-corrected chi connectivity index (χ1v) is 6.60. The molecule has 2 aromatic carbocycles. The summed E-state index contributed by atoms with van der Waals surface area (Å²) in [6, 6.07) is 20.8. The standard InChI is InChI=1S/C12H8S.C4H4O.H3P/c1-3-7-11-9(5-1)10-6-2-4-8-12(10)13-11;1-2-4-5-3-1;/h1-8H;1-4H;1H3. The molecular formula is C16H15OPS. The molecule has 0 amide bonds. The third-order valence-electron chi connectivity index (χ3n) is 2.71. The molecule has 0 saturated carbocycles. The molecule has 0 saturated heterocycles. The van der Waals surface area contributed by atoms with E-state index in [1.807, 2.05) is 23.5 Å². The van der Waals surface area contributed by atoms with E-state index < -0.39 is 0 Å². The summed E-state index contributed by atoms with van der Waals surface area (Å²) in [4.78, 5) is 0. The highest BCUT2D eigenvalue weighted by Crippen LogP contribution is 2.32. The molecule has 0 spiro atoms. The van der Waals surface area contributed by atoms with Crippen molar-refractivity contribution in [3.05, 3.63) is 73.2 Å². The van der Waals surface area contributed by atoms with Gasteiger partial charge in [0.25, 0.3) is 0 Å². The van der Waals surface area contributed by atoms with Crippen LogP contribution in [0.15, 0.2) is 77.6 Å². The van der Waals surface area contributed by atoms with Crippen molar-refractivity contribution in [3.8, 4) is 0 Å². The zero-order chi connectivity index (χ0) is 12.2. The van der Waals surface area contributed by atoms with E-state index in [9.17, 15) is 0 Å². The van der Waals surface area contributed by atoms with Crippen LogP contribution in [0.1, 0.15) is 0 Å². The van der Waals surface area contributed by atoms with Gasteiger partial charge in [-0.3, -0.25) is 0 Å². The minimum Gasteiger partial charge on any atom is -0.473 e. The average Bonchev–Trinajstić information content (AvgIpc) is 3.10. The van der Waals surface area contributed by atoms with Gasteiger partial charge >= 0.3 is 0 Å². The van der Waals surface area contributed by atoms with Gasteiger partial charge in [-0.1, -0.05) is 36.4 Å². The molecule has 19 heavy (non-hydrogen) atoms. The highest BCUT2D eigenvalue weighted by Gasteiger charge is 2.01. The van der Waals surface area contributed by atoms with Crippen LogP contribution < -0.4 is 0 Å². The van der Waals surface area contributed by atoms with Crippen molar-refractivity contribution in [1.29, 1.82) is 0 Å². The van der Waals surface area contributed by atoms with Gasteiger partial charge < -0.3 is 4.42 Å². The van der Waals surface area contributed by atoms with Crippen LogP contribution in [0.3, 0.4) is 0 Å². The van der Waals surface area contributed by atoms with Crippen LogP contribution in [0.25, 0.3) is 20.2 Å². The summed E-state index contributed by atoms with van der Waals surface area (Å²) in [5, 5.41) is 2.76. The van der Waals surface area contributed by atoms with E-state index in [-0.39, 0.29) is 9.90 Å². The van der Waals surface area contributed by atoms with Crippen molar-refractivity contribution in [2.75, 3.05) is 0 Å². The zero-order valence-corrected chi connectivity index (χ0v) is 12.7. The van der Waals surface area contributed by atoms with E-state index in [2.05, 4.69) is 52.9 Å². The fourth-order valence-corrected chi connectivity index (χ4v) is 3.01. The van der Waals surface area contributed by atoms with E-state index >= 15 is 0 Å². The van der Waals surface area contributed by atoms with E-state index in [0.717, 1.165) is 0 Å². The summed E-state index contributed by atoms with van der Waals surface area (Å²) in [6.45, 7) is 0. The lowest BCUT2D eigenvalue weighted by atomic mass is 10.2. The molecule has 0 bridgehead atoms. The molecule has 2 heterocycles. The summed E-state index contributed by atoms with van der Waals surface area (Å²) in [7, 11) is 0. The lowest BCUT2D eigenvalue weighted by Crippen LogP contribution is -1.62. The number of fused-ring (bicyclic) bond motifs is 3.